The third-order valence-electron chi connectivity index (χ3n) is 6.10. The summed E-state index contributed by atoms with van der Waals surface area (Å²) in [6.45, 7) is 4.48. The number of hydrogen-bond donors (Lipinski definition) is 0. The number of thioether (sulfide) groups is 1. The summed E-state index contributed by atoms with van der Waals surface area (Å²) in [5.74, 6) is 0.0877. The molecular formula is C22H26N2OS2. The molecule has 1 saturated heterocycles. The van der Waals surface area contributed by atoms with Crippen molar-refractivity contribution in [2.24, 2.45) is 0 Å². The first-order valence-corrected chi connectivity index (χ1v) is 10.9. The standard InChI is InChI=1S/C22H26N2OS2/c1-22(2)16-11-7-8-12-17(16)23(3)19(22)14-13-18-20(25)24(21(26)27-18)15-9-5-4-6-10-15/h7-8,11-15H,4-6,9-10H2,1-3H3. The van der Waals surface area contributed by atoms with E-state index in [-0.39, 0.29) is 11.3 Å². The van der Waals surface area contributed by atoms with Crippen molar-refractivity contribution in [3.05, 3.63) is 52.6 Å². The van der Waals surface area contributed by atoms with Gasteiger partial charge in [-0.3, -0.25) is 9.69 Å². The molecule has 2 fully saturated rings. The lowest BCUT2D eigenvalue weighted by Crippen LogP contribution is -2.39. The van der Waals surface area contributed by atoms with Crippen LogP contribution in [-0.4, -0.2) is 28.2 Å². The van der Waals surface area contributed by atoms with Crippen LogP contribution >= 0.6 is 24.0 Å². The molecule has 0 radical (unpaired) electrons. The van der Waals surface area contributed by atoms with Crippen LogP contribution < -0.4 is 4.90 Å². The summed E-state index contributed by atoms with van der Waals surface area (Å²) in [5, 5.41) is 0. The quantitative estimate of drug-likeness (QED) is 0.493. The maximum Gasteiger partial charge on any atom is 0.266 e. The van der Waals surface area contributed by atoms with Gasteiger partial charge in [0.25, 0.3) is 5.91 Å². The average molecular weight is 399 g/mol. The van der Waals surface area contributed by atoms with Crippen molar-refractivity contribution in [2.75, 3.05) is 11.9 Å². The lowest BCUT2D eigenvalue weighted by atomic mass is 9.84. The van der Waals surface area contributed by atoms with Gasteiger partial charge < -0.3 is 4.90 Å². The van der Waals surface area contributed by atoms with Crippen molar-refractivity contribution < 1.29 is 4.79 Å². The number of hydrogen-bond acceptors (Lipinski definition) is 4. The SMILES string of the molecule is CN1C(=CC=C2SC(=S)N(C3CCCCC3)C2=O)C(C)(C)c2ccccc21. The highest BCUT2D eigenvalue weighted by atomic mass is 32.2. The Balaban J connectivity index is 1.61. The minimum absolute atomic E-state index is 0.0850. The van der Waals surface area contributed by atoms with Gasteiger partial charge in [0.15, 0.2) is 0 Å². The molecule has 1 saturated carbocycles. The molecule has 1 aromatic carbocycles. The van der Waals surface area contributed by atoms with Crippen LogP contribution in [0.5, 0.6) is 0 Å². The van der Waals surface area contributed by atoms with Crippen LogP contribution in [0.1, 0.15) is 51.5 Å². The summed E-state index contributed by atoms with van der Waals surface area (Å²) < 4.78 is 0.721. The first-order valence-electron chi connectivity index (χ1n) is 9.72. The fraction of sp³-hybridized carbons (Fsp3) is 0.455. The minimum Gasteiger partial charge on any atom is -0.347 e. The lowest BCUT2D eigenvalue weighted by molar-refractivity contribution is -0.124. The number of amides is 1. The van der Waals surface area contributed by atoms with Crippen LogP contribution in [0.2, 0.25) is 0 Å². The van der Waals surface area contributed by atoms with E-state index in [1.807, 2.05) is 11.0 Å². The number of para-hydroxylation sites is 1. The van der Waals surface area contributed by atoms with Gasteiger partial charge in [0.2, 0.25) is 0 Å². The highest BCUT2D eigenvalue weighted by Gasteiger charge is 2.39. The summed E-state index contributed by atoms with van der Waals surface area (Å²) in [5.41, 5.74) is 3.67. The Hall–Kier alpha value is -1.59. The van der Waals surface area contributed by atoms with Crippen LogP contribution in [0.25, 0.3) is 0 Å². The fourth-order valence-corrected chi connectivity index (χ4v) is 5.95. The normalized spacial score (nSPS) is 25.7. The molecule has 0 aromatic heterocycles. The van der Waals surface area contributed by atoms with E-state index >= 15 is 0 Å². The number of carbonyl (C=O) groups excluding carboxylic acids is 1. The van der Waals surface area contributed by atoms with E-state index in [1.165, 1.54) is 48.0 Å². The van der Waals surface area contributed by atoms with Gasteiger partial charge in [0.05, 0.1) is 4.91 Å². The topological polar surface area (TPSA) is 23.6 Å². The number of nitrogens with zero attached hydrogens (tertiary/aromatic N) is 2. The first kappa shape index (κ1) is 18.8. The summed E-state index contributed by atoms with van der Waals surface area (Å²) in [6.07, 6.45) is 9.89. The van der Waals surface area contributed by atoms with E-state index in [2.05, 4.69) is 56.1 Å². The van der Waals surface area contributed by atoms with Crippen molar-refractivity contribution in [2.45, 2.75) is 57.4 Å². The summed E-state index contributed by atoms with van der Waals surface area (Å²) in [4.78, 5) is 17.8. The van der Waals surface area contributed by atoms with E-state index in [9.17, 15) is 4.79 Å². The molecule has 0 N–H and O–H groups in total. The Labute approximate surface area is 171 Å². The van der Waals surface area contributed by atoms with Crippen LogP contribution in [-0.2, 0) is 10.2 Å². The zero-order chi connectivity index (χ0) is 19.2. The second-order valence-electron chi connectivity index (χ2n) is 8.12. The molecule has 27 heavy (non-hydrogen) atoms. The smallest absolute Gasteiger partial charge is 0.266 e. The van der Waals surface area contributed by atoms with Crippen LogP contribution in [0, 0.1) is 0 Å². The molecule has 0 unspecified atom stereocenters. The molecule has 142 valence electrons. The highest BCUT2D eigenvalue weighted by Crippen LogP contribution is 2.47. The van der Waals surface area contributed by atoms with Gasteiger partial charge in [-0.15, -0.1) is 0 Å². The van der Waals surface area contributed by atoms with Crippen molar-refractivity contribution in [1.29, 1.82) is 0 Å². The molecule has 2 aliphatic heterocycles. The largest absolute Gasteiger partial charge is 0.347 e. The Morgan fingerprint density at radius 3 is 2.56 bits per heavy atom. The van der Waals surface area contributed by atoms with E-state index in [0.29, 0.717) is 6.04 Å². The minimum atomic E-state index is -0.0850. The molecule has 5 heteroatoms. The number of fused-ring (bicyclic) bond motifs is 1. The maximum absolute atomic E-state index is 13.0. The number of allylic oxidation sites excluding steroid dienone is 3. The Morgan fingerprint density at radius 1 is 1.15 bits per heavy atom. The fourth-order valence-electron chi connectivity index (χ4n) is 4.60. The average Bonchev–Trinajstić information content (AvgIpc) is 3.05. The lowest BCUT2D eigenvalue weighted by Gasteiger charge is -2.29. The molecule has 1 amide bonds. The number of likely N-dealkylation sites (N-methyl/N-ethyl adjacent to an activating group) is 1. The predicted molar refractivity (Wildman–Crippen MR) is 118 cm³/mol. The molecule has 0 spiro atoms. The Kier molecular flexibility index (Phi) is 4.93. The van der Waals surface area contributed by atoms with E-state index in [0.717, 1.165) is 22.1 Å². The van der Waals surface area contributed by atoms with E-state index in [1.54, 1.807) is 0 Å². The highest BCUT2D eigenvalue weighted by molar-refractivity contribution is 8.26. The molecule has 0 atom stereocenters. The predicted octanol–water partition coefficient (Wildman–Crippen LogP) is 5.37. The number of carbonyl (C=O) groups is 1. The summed E-state index contributed by atoms with van der Waals surface area (Å²) in [6, 6.07) is 8.80. The van der Waals surface area contributed by atoms with Crippen LogP contribution in [0.15, 0.2) is 47.0 Å². The molecule has 3 nitrogen and oxygen atoms in total. The van der Waals surface area contributed by atoms with E-state index < -0.39 is 0 Å². The van der Waals surface area contributed by atoms with Crippen molar-refractivity contribution in [1.82, 2.24) is 4.90 Å². The van der Waals surface area contributed by atoms with E-state index in [4.69, 9.17) is 12.2 Å². The second kappa shape index (κ2) is 7.10. The van der Waals surface area contributed by atoms with Crippen molar-refractivity contribution in [3.8, 4) is 0 Å². The van der Waals surface area contributed by atoms with Gasteiger partial charge in [0, 0.05) is 29.9 Å². The van der Waals surface area contributed by atoms with Gasteiger partial charge in [-0.1, -0.05) is 75.3 Å². The number of rotatable bonds is 2. The molecule has 4 rings (SSSR count). The van der Waals surface area contributed by atoms with Crippen LogP contribution in [0.4, 0.5) is 5.69 Å². The molecule has 0 bridgehead atoms. The zero-order valence-corrected chi connectivity index (χ0v) is 17.8. The summed E-state index contributed by atoms with van der Waals surface area (Å²) in [7, 11) is 2.10. The van der Waals surface area contributed by atoms with Gasteiger partial charge >= 0.3 is 0 Å². The Morgan fingerprint density at radius 2 is 1.85 bits per heavy atom. The number of thiocarbonyl (C=S) groups is 1. The maximum atomic E-state index is 13.0. The molecule has 3 aliphatic rings. The summed E-state index contributed by atoms with van der Waals surface area (Å²) >= 11 is 7.00. The Bertz CT molecular complexity index is 850. The molecular weight excluding hydrogens is 372 g/mol. The van der Waals surface area contributed by atoms with Gasteiger partial charge in [0.1, 0.15) is 4.32 Å². The first-order chi connectivity index (χ1) is 12.9. The molecule has 1 aromatic rings. The second-order valence-corrected chi connectivity index (χ2v) is 9.79. The molecule has 1 aliphatic carbocycles. The third kappa shape index (κ3) is 3.15. The third-order valence-corrected chi connectivity index (χ3v) is 7.45. The van der Waals surface area contributed by atoms with Gasteiger partial charge in [-0.2, -0.15) is 0 Å². The monoisotopic (exact) mass is 398 g/mol. The number of benzene rings is 1. The van der Waals surface area contributed by atoms with Gasteiger partial charge in [-0.05, 0) is 36.6 Å². The molecule has 2 heterocycles. The van der Waals surface area contributed by atoms with Crippen molar-refractivity contribution in [3.63, 3.8) is 0 Å². The van der Waals surface area contributed by atoms with Gasteiger partial charge in [-0.25, -0.2) is 0 Å². The van der Waals surface area contributed by atoms with Crippen molar-refractivity contribution >= 4 is 39.9 Å². The number of anilines is 1. The zero-order valence-electron chi connectivity index (χ0n) is 16.2. The van der Waals surface area contributed by atoms with Crippen LogP contribution in [0.3, 0.4) is 0 Å².